The molecule has 0 saturated heterocycles. The van der Waals surface area contributed by atoms with Crippen molar-refractivity contribution in [3.05, 3.63) is 66.2 Å². The molecule has 4 rings (SSSR count). The smallest absolute Gasteiger partial charge is 0.251 e. The van der Waals surface area contributed by atoms with Crippen LogP contribution in [0.3, 0.4) is 0 Å². The Morgan fingerprint density at radius 2 is 1.88 bits per heavy atom. The SMILES string of the molecule is COc1cccc(-c2nnc3ccc(OCCNC(=O)c4ccc(N(C)C)cc4)nn23)c1. The number of nitrogens with zero attached hydrogens (tertiary/aromatic N) is 5. The first kappa shape index (κ1) is 21.1. The second-order valence-electron chi connectivity index (χ2n) is 7.24. The molecule has 0 saturated carbocycles. The van der Waals surface area contributed by atoms with Gasteiger partial charge in [0.25, 0.3) is 5.91 Å². The van der Waals surface area contributed by atoms with Crippen LogP contribution in [0.5, 0.6) is 11.6 Å². The Bertz CT molecular complexity index is 1220. The third kappa shape index (κ3) is 4.61. The highest BCUT2D eigenvalue weighted by Crippen LogP contribution is 2.23. The van der Waals surface area contributed by atoms with Gasteiger partial charge in [-0.1, -0.05) is 12.1 Å². The predicted octanol–water partition coefficient (Wildman–Crippen LogP) is 2.67. The molecule has 1 amide bonds. The molecule has 9 nitrogen and oxygen atoms in total. The Hall–Kier alpha value is -4.14. The number of fused-ring (bicyclic) bond motifs is 1. The summed E-state index contributed by atoms with van der Waals surface area (Å²) in [5.74, 6) is 1.56. The number of carbonyl (C=O) groups is 1. The van der Waals surface area contributed by atoms with E-state index >= 15 is 0 Å². The zero-order chi connectivity index (χ0) is 22.5. The van der Waals surface area contributed by atoms with Gasteiger partial charge < -0.3 is 19.7 Å². The average Bonchev–Trinajstić information content (AvgIpc) is 3.25. The second kappa shape index (κ2) is 9.34. The standard InChI is InChI=1S/C23H24N6O3/c1-28(2)18-9-7-16(8-10-18)23(30)24-13-14-32-21-12-11-20-25-26-22(29(20)27-21)17-5-4-6-19(15-17)31-3/h4-12,15H,13-14H2,1-3H3,(H,24,30). The van der Waals surface area contributed by atoms with Crippen LogP contribution in [-0.2, 0) is 0 Å². The van der Waals surface area contributed by atoms with Gasteiger partial charge in [-0.15, -0.1) is 15.3 Å². The van der Waals surface area contributed by atoms with E-state index in [1.165, 1.54) is 0 Å². The summed E-state index contributed by atoms with van der Waals surface area (Å²) in [6.45, 7) is 0.621. The molecule has 0 fully saturated rings. The minimum Gasteiger partial charge on any atom is -0.497 e. The van der Waals surface area contributed by atoms with Crippen molar-refractivity contribution in [2.24, 2.45) is 0 Å². The number of aromatic nitrogens is 4. The molecule has 2 heterocycles. The van der Waals surface area contributed by atoms with Gasteiger partial charge in [0.1, 0.15) is 12.4 Å². The molecule has 0 spiro atoms. The molecule has 9 heteroatoms. The third-order valence-corrected chi connectivity index (χ3v) is 4.85. The minimum absolute atomic E-state index is 0.151. The molecule has 2 aromatic carbocycles. The molecule has 4 aromatic rings. The number of ether oxygens (including phenoxy) is 2. The fraction of sp³-hybridized carbons (Fsp3) is 0.217. The summed E-state index contributed by atoms with van der Waals surface area (Å²) in [6.07, 6.45) is 0. The number of methoxy groups -OCH3 is 1. The first-order valence-corrected chi connectivity index (χ1v) is 10.1. The topological polar surface area (TPSA) is 93.9 Å². The molecule has 0 unspecified atom stereocenters. The summed E-state index contributed by atoms with van der Waals surface area (Å²) in [4.78, 5) is 14.3. The second-order valence-corrected chi connectivity index (χ2v) is 7.24. The molecule has 164 valence electrons. The van der Waals surface area contributed by atoms with E-state index in [1.54, 1.807) is 35.9 Å². The minimum atomic E-state index is -0.151. The molecular formula is C23H24N6O3. The molecule has 1 N–H and O–H groups in total. The maximum Gasteiger partial charge on any atom is 0.251 e. The van der Waals surface area contributed by atoms with Crippen molar-refractivity contribution in [1.29, 1.82) is 0 Å². The van der Waals surface area contributed by atoms with Crippen molar-refractivity contribution in [2.45, 2.75) is 0 Å². The lowest BCUT2D eigenvalue weighted by atomic mass is 10.2. The van der Waals surface area contributed by atoms with Crippen molar-refractivity contribution in [1.82, 2.24) is 25.1 Å². The van der Waals surface area contributed by atoms with Gasteiger partial charge in [0, 0.05) is 37.0 Å². The zero-order valence-electron chi connectivity index (χ0n) is 18.1. The van der Waals surface area contributed by atoms with Gasteiger partial charge in [-0.25, -0.2) is 0 Å². The summed E-state index contributed by atoms with van der Waals surface area (Å²) in [5.41, 5.74) is 3.06. The van der Waals surface area contributed by atoms with E-state index in [0.29, 0.717) is 29.5 Å². The van der Waals surface area contributed by atoms with Crippen molar-refractivity contribution < 1.29 is 14.3 Å². The Kier molecular flexibility index (Phi) is 6.16. The van der Waals surface area contributed by atoms with E-state index in [0.717, 1.165) is 17.0 Å². The van der Waals surface area contributed by atoms with Crippen LogP contribution in [0, 0.1) is 0 Å². The summed E-state index contributed by atoms with van der Waals surface area (Å²) >= 11 is 0. The van der Waals surface area contributed by atoms with Crippen molar-refractivity contribution in [2.75, 3.05) is 39.3 Å². The Balaban J connectivity index is 1.38. The van der Waals surface area contributed by atoms with E-state index in [9.17, 15) is 4.79 Å². The first-order chi connectivity index (χ1) is 15.5. The van der Waals surface area contributed by atoms with Gasteiger partial charge in [-0.05, 0) is 42.5 Å². The van der Waals surface area contributed by atoms with Crippen LogP contribution < -0.4 is 19.7 Å². The number of hydrogen-bond donors (Lipinski definition) is 1. The Morgan fingerprint density at radius 3 is 2.62 bits per heavy atom. The number of hydrogen-bond acceptors (Lipinski definition) is 7. The molecule has 32 heavy (non-hydrogen) atoms. The first-order valence-electron chi connectivity index (χ1n) is 10.1. The maximum atomic E-state index is 12.3. The Labute approximate surface area is 185 Å². The quantitative estimate of drug-likeness (QED) is 0.428. The highest BCUT2D eigenvalue weighted by molar-refractivity contribution is 5.94. The fourth-order valence-electron chi connectivity index (χ4n) is 3.12. The van der Waals surface area contributed by atoms with Crippen molar-refractivity contribution >= 4 is 17.2 Å². The molecule has 2 aromatic heterocycles. The lowest BCUT2D eigenvalue weighted by Gasteiger charge is -2.12. The van der Waals surface area contributed by atoms with Gasteiger partial charge in [-0.2, -0.15) is 4.52 Å². The number of anilines is 1. The maximum absolute atomic E-state index is 12.3. The van der Waals surface area contributed by atoms with Crippen molar-refractivity contribution in [3.63, 3.8) is 0 Å². The van der Waals surface area contributed by atoms with E-state index < -0.39 is 0 Å². The number of benzene rings is 2. The normalized spacial score (nSPS) is 10.7. The van der Waals surface area contributed by atoms with Crippen LogP contribution in [0.15, 0.2) is 60.7 Å². The highest BCUT2D eigenvalue weighted by Gasteiger charge is 2.11. The number of rotatable bonds is 8. The third-order valence-electron chi connectivity index (χ3n) is 4.85. The van der Waals surface area contributed by atoms with Crippen LogP contribution in [0.1, 0.15) is 10.4 Å². The molecular weight excluding hydrogens is 408 g/mol. The van der Waals surface area contributed by atoms with Gasteiger partial charge in [0.05, 0.1) is 13.7 Å². The van der Waals surface area contributed by atoms with Crippen LogP contribution in [-0.4, -0.2) is 60.1 Å². The molecule has 0 atom stereocenters. The highest BCUT2D eigenvalue weighted by atomic mass is 16.5. The fourth-order valence-corrected chi connectivity index (χ4v) is 3.12. The van der Waals surface area contributed by atoms with Gasteiger partial charge >= 0.3 is 0 Å². The summed E-state index contributed by atoms with van der Waals surface area (Å²) in [5, 5.41) is 15.7. The number of carbonyl (C=O) groups excluding carboxylic acids is 1. The van der Waals surface area contributed by atoms with E-state index in [2.05, 4.69) is 20.6 Å². The predicted molar refractivity (Wildman–Crippen MR) is 121 cm³/mol. The Morgan fingerprint density at radius 1 is 1.06 bits per heavy atom. The molecule has 0 aliphatic carbocycles. The number of nitrogens with one attached hydrogen (secondary N) is 1. The van der Waals surface area contributed by atoms with Gasteiger partial charge in [0.15, 0.2) is 11.5 Å². The molecule has 0 bridgehead atoms. The van der Waals surface area contributed by atoms with Gasteiger partial charge in [0.2, 0.25) is 5.88 Å². The zero-order valence-corrected chi connectivity index (χ0v) is 18.1. The summed E-state index contributed by atoms with van der Waals surface area (Å²) < 4.78 is 12.6. The molecule has 0 radical (unpaired) electrons. The lowest BCUT2D eigenvalue weighted by molar-refractivity contribution is 0.0946. The largest absolute Gasteiger partial charge is 0.497 e. The van der Waals surface area contributed by atoms with Crippen LogP contribution >= 0.6 is 0 Å². The van der Waals surface area contributed by atoms with Crippen molar-refractivity contribution in [3.8, 4) is 23.0 Å². The van der Waals surface area contributed by atoms with Crippen LogP contribution in [0.2, 0.25) is 0 Å². The molecule has 0 aliphatic rings. The average molecular weight is 432 g/mol. The lowest BCUT2D eigenvalue weighted by Crippen LogP contribution is -2.28. The van der Waals surface area contributed by atoms with Crippen LogP contribution in [0.4, 0.5) is 5.69 Å². The summed E-state index contributed by atoms with van der Waals surface area (Å²) in [7, 11) is 5.53. The van der Waals surface area contributed by atoms with Crippen LogP contribution in [0.25, 0.3) is 17.0 Å². The molecule has 0 aliphatic heterocycles. The number of amides is 1. The van der Waals surface area contributed by atoms with E-state index in [-0.39, 0.29) is 12.5 Å². The summed E-state index contributed by atoms with van der Waals surface area (Å²) in [6, 6.07) is 18.4. The van der Waals surface area contributed by atoms with E-state index in [4.69, 9.17) is 9.47 Å². The van der Waals surface area contributed by atoms with E-state index in [1.807, 2.05) is 55.4 Å². The monoisotopic (exact) mass is 432 g/mol. The van der Waals surface area contributed by atoms with Gasteiger partial charge in [-0.3, -0.25) is 4.79 Å².